The smallest absolute Gasteiger partial charge is 0.0962 e. The lowest BCUT2D eigenvalue weighted by atomic mass is 10.1. The predicted octanol–water partition coefficient (Wildman–Crippen LogP) is 2.85. The average molecular weight is 199 g/mol. The van der Waals surface area contributed by atoms with Crippen LogP contribution in [0.1, 0.15) is 48.2 Å². The Kier molecular flexibility index (Phi) is 3.88. The summed E-state index contributed by atoms with van der Waals surface area (Å²) in [5.41, 5.74) is 0.854. The molecular formula is C10H17NOS. The average Bonchev–Trinajstić information content (AvgIpc) is 2.49. The topological polar surface area (TPSA) is 33.1 Å². The Hall–Kier alpha value is -0.410. The number of rotatable bonds is 4. The monoisotopic (exact) mass is 199 g/mol. The van der Waals surface area contributed by atoms with E-state index in [1.807, 2.05) is 6.92 Å². The van der Waals surface area contributed by atoms with Gasteiger partial charge in [0.05, 0.1) is 17.3 Å². The van der Waals surface area contributed by atoms with Crippen LogP contribution < -0.4 is 0 Å². The highest BCUT2D eigenvalue weighted by Gasteiger charge is 2.13. The summed E-state index contributed by atoms with van der Waals surface area (Å²) in [5.74, 6) is 0.573. The molecule has 2 nitrogen and oxygen atoms in total. The van der Waals surface area contributed by atoms with Gasteiger partial charge in [0, 0.05) is 10.8 Å². The second-order valence-corrected chi connectivity index (χ2v) is 4.46. The first-order chi connectivity index (χ1) is 6.22. The van der Waals surface area contributed by atoms with Crippen molar-refractivity contribution < 1.29 is 5.11 Å². The fourth-order valence-corrected chi connectivity index (χ4v) is 2.61. The van der Waals surface area contributed by atoms with Gasteiger partial charge in [-0.1, -0.05) is 13.8 Å². The van der Waals surface area contributed by atoms with Crippen LogP contribution in [0.4, 0.5) is 0 Å². The molecule has 0 saturated carbocycles. The molecule has 1 aromatic heterocycles. The van der Waals surface area contributed by atoms with Crippen LogP contribution in [0.25, 0.3) is 0 Å². The Labute approximate surface area is 83.6 Å². The van der Waals surface area contributed by atoms with Gasteiger partial charge in [0.15, 0.2) is 0 Å². The third kappa shape index (κ3) is 2.29. The van der Waals surface area contributed by atoms with Crippen LogP contribution in [0, 0.1) is 6.92 Å². The molecule has 1 heterocycles. The van der Waals surface area contributed by atoms with Gasteiger partial charge in [-0.05, 0) is 19.8 Å². The molecular weight excluding hydrogens is 182 g/mol. The van der Waals surface area contributed by atoms with Crippen molar-refractivity contribution in [1.29, 1.82) is 0 Å². The minimum absolute atomic E-state index is 0.0719. The molecule has 13 heavy (non-hydrogen) atoms. The predicted molar refractivity (Wildman–Crippen MR) is 56.1 cm³/mol. The van der Waals surface area contributed by atoms with Gasteiger partial charge in [-0.2, -0.15) is 0 Å². The van der Waals surface area contributed by atoms with Crippen molar-refractivity contribution in [3.63, 3.8) is 0 Å². The molecule has 0 aliphatic heterocycles. The van der Waals surface area contributed by atoms with Gasteiger partial charge in [0.25, 0.3) is 0 Å². The third-order valence-corrected chi connectivity index (χ3v) is 3.57. The van der Waals surface area contributed by atoms with E-state index in [9.17, 15) is 0 Å². The maximum atomic E-state index is 9.00. The van der Waals surface area contributed by atoms with E-state index < -0.39 is 0 Å². The lowest BCUT2D eigenvalue weighted by Gasteiger charge is -2.06. The van der Waals surface area contributed by atoms with E-state index in [-0.39, 0.29) is 6.61 Å². The summed E-state index contributed by atoms with van der Waals surface area (Å²) in [6, 6.07) is 0. The summed E-state index contributed by atoms with van der Waals surface area (Å²) in [6.07, 6.45) is 2.27. The minimum atomic E-state index is 0.0719. The Balaban J connectivity index is 2.88. The summed E-state index contributed by atoms with van der Waals surface area (Å²) in [4.78, 5) is 5.60. The number of aryl methyl sites for hydroxylation is 1. The summed E-state index contributed by atoms with van der Waals surface area (Å²) in [7, 11) is 0. The zero-order chi connectivity index (χ0) is 9.84. The molecule has 0 bridgehead atoms. The van der Waals surface area contributed by atoms with E-state index in [2.05, 4.69) is 18.8 Å². The minimum Gasteiger partial charge on any atom is -0.390 e. The SMILES string of the molecule is CCC(CC)c1nc(CO)c(C)s1. The molecule has 0 aliphatic carbocycles. The van der Waals surface area contributed by atoms with E-state index in [4.69, 9.17) is 5.11 Å². The molecule has 0 atom stereocenters. The molecule has 0 amide bonds. The van der Waals surface area contributed by atoms with Crippen LogP contribution in [0.15, 0.2) is 0 Å². The number of nitrogens with zero attached hydrogens (tertiary/aromatic N) is 1. The van der Waals surface area contributed by atoms with Crippen molar-refractivity contribution >= 4 is 11.3 Å². The molecule has 1 rings (SSSR count). The first-order valence-corrected chi connectivity index (χ1v) is 5.61. The molecule has 0 saturated heterocycles. The Morgan fingerprint density at radius 2 is 2.00 bits per heavy atom. The molecule has 74 valence electrons. The standard InChI is InChI=1S/C10H17NOS/c1-4-8(5-2)10-11-9(6-12)7(3)13-10/h8,12H,4-6H2,1-3H3. The summed E-state index contributed by atoms with van der Waals surface area (Å²) in [5, 5.41) is 10.2. The molecule has 0 aromatic carbocycles. The van der Waals surface area contributed by atoms with Gasteiger partial charge in [0.2, 0.25) is 0 Å². The van der Waals surface area contributed by atoms with Crippen LogP contribution in [-0.2, 0) is 6.61 Å². The van der Waals surface area contributed by atoms with E-state index in [0.717, 1.165) is 23.4 Å². The van der Waals surface area contributed by atoms with Crippen LogP contribution in [-0.4, -0.2) is 10.1 Å². The van der Waals surface area contributed by atoms with Crippen LogP contribution in [0.5, 0.6) is 0 Å². The number of aromatic nitrogens is 1. The second kappa shape index (κ2) is 4.72. The molecule has 0 fully saturated rings. The molecule has 3 heteroatoms. The Morgan fingerprint density at radius 1 is 1.38 bits per heavy atom. The Bertz CT molecular complexity index is 266. The van der Waals surface area contributed by atoms with Crippen LogP contribution in [0.2, 0.25) is 0 Å². The lowest BCUT2D eigenvalue weighted by molar-refractivity contribution is 0.276. The fourth-order valence-electron chi connectivity index (χ4n) is 1.41. The van der Waals surface area contributed by atoms with E-state index in [0.29, 0.717) is 5.92 Å². The van der Waals surface area contributed by atoms with Crippen molar-refractivity contribution in [2.24, 2.45) is 0 Å². The highest BCUT2D eigenvalue weighted by molar-refractivity contribution is 7.11. The van der Waals surface area contributed by atoms with Crippen LogP contribution in [0.3, 0.4) is 0 Å². The third-order valence-electron chi connectivity index (χ3n) is 2.39. The van der Waals surface area contributed by atoms with Crippen LogP contribution >= 0.6 is 11.3 Å². The van der Waals surface area contributed by atoms with Gasteiger partial charge in [-0.15, -0.1) is 11.3 Å². The number of aliphatic hydroxyl groups is 1. The van der Waals surface area contributed by atoms with Crippen molar-refractivity contribution in [3.8, 4) is 0 Å². The number of aliphatic hydroxyl groups excluding tert-OH is 1. The fraction of sp³-hybridized carbons (Fsp3) is 0.700. The maximum Gasteiger partial charge on any atom is 0.0962 e. The van der Waals surface area contributed by atoms with E-state index >= 15 is 0 Å². The van der Waals surface area contributed by atoms with E-state index in [1.165, 1.54) is 5.01 Å². The summed E-state index contributed by atoms with van der Waals surface area (Å²) >= 11 is 1.73. The van der Waals surface area contributed by atoms with Gasteiger partial charge < -0.3 is 5.11 Å². The summed E-state index contributed by atoms with van der Waals surface area (Å²) in [6.45, 7) is 6.46. The normalized spacial score (nSPS) is 11.2. The van der Waals surface area contributed by atoms with Crippen molar-refractivity contribution in [1.82, 2.24) is 4.98 Å². The van der Waals surface area contributed by atoms with E-state index in [1.54, 1.807) is 11.3 Å². The molecule has 0 aliphatic rings. The van der Waals surface area contributed by atoms with Gasteiger partial charge in [-0.3, -0.25) is 0 Å². The first kappa shape index (κ1) is 10.7. The molecule has 0 radical (unpaired) electrons. The largest absolute Gasteiger partial charge is 0.390 e. The maximum absolute atomic E-state index is 9.00. The van der Waals surface area contributed by atoms with Crippen molar-refractivity contribution in [3.05, 3.63) is 15.6 Å². The van der Waals surface area contributed by atoms with Gasteiger partial charge in [0.1, 0.15) is 0 Å². The number of hydrogen-bond donors (Lipinski definition) is 1. The first-order valence-electron chi connectivity index (χ1n) is 4.79. The Morgan fingerprint density at radius 3 is 2.38 bits per heavy atom. The molecule has 1 N–H and O–H groups in total. The number of hydrogen-bond acceptors (Lipinski definition) is 3. The van der Waals surface area contributed by atoms with Gasteiger partial charge in [-0.25, -0.2) is 4.98 Å². The highest BCUT2D eigenvalue weighted by atomic mass is 32.1. The zero-order valence-corrected chi connectivity index (χ0v) is 9.32. The second-order valence-electron chi connectivity index (χ2n) is 3.23. The number of thiazole rings is 1. The molecule has 0 spiro atoms. The summed E-state index contributed by atoms with van der Waals surface area (Å²) < 4.78 is 0. The zero-order valence-electron chi connectivity index (χ0n) is 8.50. The molecule has 1 aromatic rings. The lowest BCUT2D eigenvalue weighted by Crippen LogP contribution is -1.95. The van der Waals surface area contributed by atoms with Crippen molar-refractivity contribution in [2.75, 3.05) is 0 Å². The quantitative estimate of drug-likeness (QED) is 0.809. The van der Waals surface area contributed by atoms with Crippen molar-refractivity contribution in [2.45, 2.75) is 46.1 Å². The van der Waals surface area contributed by atoms with Gasteiger partial charge >= 0.3 is 0 Å². The highest BCUT2D eigenvalue weighted by Crippen LogP contribution is 2.28. The molecule has 0 unspecified atom stereocenters.